The quantitative estimate of drug-likeness (QED) is 0.272. The Bertz CT molecular complexity index is 1110. The van der Waals surface area contributed by atoms with Crippen LogP contribution in [0.15, 0.2) is 59.4 Å². The third-order valence-electron chi connectivity index (χ3n) is 5.92. The molecule has 9 heteroatoms. The van der Waals surface area contributed by atoms with E-state index < -0.39 is 53.3 Å². The van der Waals surface area contributed by atoms with Crippen molar-refractivity contribution < 1.29 is 28.4 Å². The SMILES string of the molecule is CC(C)[C@H](NC(=O)C[C@H](NC(=O)/C=C/c1ccoc1)c1ccccc1)C(=O)[C@@H]1C(=O)NC(=O)[C@H]1C. The molecule has 2 aromatic rings. The van der Waals surface area contributed by atoms with Gasteiger partial charge in [-0.25, -0.2) is 0 Å². The summed E-state index contributed by atoms with van der Waals surface area (Å²) >= 11 is 0. The molecule has 3 N–H and O–H groups in total. The predicted octanol–water partition coefficient (Wildman–Crippen LogP) is 2.16. The number of hydrogen-bond acceptors (Lipinski definition) is 6. The van der Waals surface area contributed by atoms with Gasteiger partial charge in [-0.1, -0.05) is 51.1 Å². The van der Waals surface area contributed by atoms with Gasteiger partial charge in [-0.3, -0.25) is 29.3 Å². The molecule has 4 atom stereocenters. The third-order valence-corrected chi connectivity index (χ3v) is 5.92. The van der Waals surface area contributed by atoms with Crippen molar-refractivity contribution in [2.75, 3.05) is 0 Å². The van der Waals surface area contributed by atoms with Gasteiger partial charge in [0, 0.05) is 11.6 Å². The van der Waals surface area contributed by atoms with Crippen molar-refractivity contribution >= 4 is 35.5 Å². The number of imide groups is 1. The maximum atomic E-state index is 13.1. The Balaban J connectivity index is 1.72. The van der Waals surface area contributed by atoms with Crippen molar-refractivity contribution in [1.82, 2.24) is 16.0 Å². The standard InChI is InChI=1S/C26H29N3O6/c1-15(2)23(24(32)22-16(3)25(33)29-26(22)34)28-21(31)13-19(18-7-5-4-6-8-18)27-20(30)10-9-17-11-12-35-14-17/h4-12,14-16,19,22-23H,13H2,1-3H3,(H,27,30)(H,28,31)(H,29,33,34)/b10-9+/t16-,19-,22+,23-/m0/s1. The van der Waals surface area contributed by atoms with E-state index in [1.165, 1.54) is 25.5 Å². The molecule has 35 heavy (non-hydrogen) atoms. The van der Waals surface area contributed by atoms with Gasteiger partial charge in [0.05, 0.1) is 36.9 Å². The molecule has 1 aromatic carbocycles. The molecule has 0 radical (unpaired) electrons. The Morgan fingerprint density at radius 2 is 1.77 bits per heavy atom. The van der Waals surface area contributed by atoms with E-state index in [2.05, 4.69) is 16.0 Å². The average molecular weight is 480 g/mol. The number of hydrogen-bond donors (Lipinski definition) is 3. The zero-order valence-electron chi connectivity index (χ0n) is 19.8. The fourth-order valence-electron chi connectivity index (χ4n) is 3.94. The lowest BCUT2D eigenvalue weighted by molar-refractivity contribution is -0.137. The maximum absolute atomic E-state index is 13.1. The van der Waals surface area contributed by atoms with E-state index in [0.717, 1.165) is 11.1 Å². The molecule has 9 nitrogen and oxygen atoms in total. The van der Waals surface area contributed by atoms with Crippen LogP contribution in [0, 0.1) is 17.8 Å². The van der Waals surface area contributed by atoms with Crippen molar-refractivity contribution in [1.29, 1.82) is 0 Å². The van der Waals surface area contributed by atoms with Crippen molar-refractivity contribution in [2.24, 2.45) is 17.8 Å². The van der Waals surface area contributed by atoms with Crippen molar-refractivity contribution in [3.05, 3.63) is 66.1 Å². The molecule has 1 aromatic heterocycles. The van der Waals surface area contributed by atoms with E-state index in [1.807, 2.05) is 6.07 Å². The highest BCUT2D eigenvalue weighted by atomic mass is 16.3. The minimum atomic E-state index is -1.15. The molecule has 1 saturated heterocycles. The molecule has 1 aliphatic heterocycles. The molecule has 0 bridgehead atoms. The van der Waals surface area contributed by atoms with Crippen LogP contribution in [0.4, 0.5) is 0 Å². The van der Waals surface area contributed by atoms with Gasteiger partial charge in [0.15, 0.2) is 5.78 Å². The number of amides is 4. The molecule has 184 valence electrons. The summed E-state index contributed by atoms with van der Waals surface area (Å²) in [6, 6.07) is 9.09. The maximum Gasteiger partial charge on any atom is 0.244 e. The van der Waals surface area contributed by atoms with Crippen LogP contribution in [-0.2, 0) is 24.0 Å². The van der Waals surface area contributed by atoms with Crippen LogP contribution < -0.4 is 16.0 Å². The molecule has 1 fully saturated rings. The topological polar surface area (TPSA) is 135 Å². The van der Waals surface area contributed by atoms with E-state index >= 15 is 0 Å². The number of carbonyl (C=O) groups is 5. The Labute approximate surface area is 203 Å². The number of furan rings is 1. The van der Waals surface area contributed by atoms with Crippen molar-refractivity contribution in [3.8, 4) is 0 Å². The Kier molecular flexibility index (Phi) is 8.35. The molecule has 0 saturated carbocycles. The number of ketones is 1. The molecule has 0 spiro atoms. The Morgan fingerprint density at radius 3 is 2.34 bits per heavy atom. The van der Waals surface area contributed by atoms with E-state index in [9.17, 15) is 24.0 Å². The minimum Gasteiger partial charge on any atom is -0.472 e. The van der Waals surface area contributed by atoms with E-state index in [0.29, 0.717) is 0 Å². The lowest BCUT2D eigenvalue weighted by Gasteiger charge is -2.25. The van der Waals surface area contributed by atoms with Crippen LogP contribution in [0.25, 0.3) is 6.08 Å². The summed E-state index contributed by atoms with van der Waals surface area (Å²) < 4.78 is 4.97. The van der Waals surface area contributed by atoms with Gasteiger partial charge in [-0.2, -0.15) is 0 Å². The van der Waals surface area contributed by atoms with Gasteiger partial charge in [0.2, 0.25) is 23.6 Å². The zero-order valence-corrected chi connectivity index (χ0v) is 19.8. The van der Waals surface area contributed by atoms with Gasteiger partial charge in [0.1, 0.15) is 5.92 Å². The highest BCUT2D eigenvalue weighted by Gasteiger charge is 2.46. The molecule has 4 amide bonds. The van der Waals surface area contributed by atoms with E-state index in [4.69, 9.17) is 4.42 Å². The predicted molar refractivity (Wildman–Crippen MR) is 127 cm³/mol. The molecule has 0 unspecified atom stereocenters. The number of benzene rings is 1. The first-order valence-corrected chi connectivity index (χ1v) is 11.4. The van der Waals surface area contributed by atoms with Crippen LogP contribution in [0.1, 0.15) is 44.4 Å². The number of carbonyl (C=O) groups excluding carboxylic acids is 5. The van der Waals surface area contributed by atoms with Crippen LogP contribution >= 0.6 is 0 Å². The van der Waals surface area contributed by atoms with Crippen LogP contribution in [0.2, 0.25) is 0 Å². The van der Waals surface area contributed by atoms with Gasteiger partial charge in [-0.15, -0.1) is 0 Å². The first kappa shape index (κ1) is 25.6. The second kappa shape index (κ2) is 11.4. The molecule has 2 heterocycles. The van der Waals surface area contributed by atoms with Gasteiger partial charge >= 0.3 is 0 Å². The number of rotatable bonds is 10. The highest BCUT2D eigenvalue weighted by Crippen LogP contribution is 2.24. The largest absolute Gasteiger partial charge is 0.472 e. The van der Waals surface area contributed by atoms with Gasteiger partial charge in [0.25, 0.3) is 0 Å². The fraction of sp³-hybridized carbons (Fsp3) is 0.346. The summed E-state index contributed by atoms with van der Waals surface area (Å²) in [4.78, 5) is 62.6. The van der Waals surface area contributed by atoms with Crippen LogP contribution in [0.3, 0.4) is 0 Å². The van der Waals surface area contributed by atoms with Crippen LogP contribution in [-0.4, -0.2) is 35.5 Å². The summed E-state index contributed by atoms with van der Waals surface area (Å²) in [6.45, 7) is 5.01. The molecular formula is C26H29N3O6. The lowest BCUT2D eigenvalue weighted by Crippen LogP contribution is -2.49. The summed E-state index contributed by atoms with van der Waals surface area (Å²) in [7, 11) is 0. The monoisotopic (exact) mass is 479 g/mol. The Hall–Kier alpha value is -4.01. The highest BCUT2D eigenvalue weighted by molar-refractivity contribution is 6.16. The average Bonchev–Trinajstić information content (AvgIpc) is 3.43. The smallest absolute Gasteiger partial charge is 0.244 e. The third kappa shape index (κ3) is 6.53. The van der Waals surface area contributed by atoms with Gasteiger partial charge in [-0.05, 0) is 23.6 Å². The number of nitrogens with one attached hydrogen (secondary N) is 3. The molecule has 1 aliphatic rings. The molecule has 0 aliphatic carbocycles. The lowest BCUT2D eigenvalue weighted by atomic mass is 9.85. The summed E-state index contributed by atoms with van der Waals surface area (Å²) in [5.74, 6) is -4.79. The number of Topliss-reactive ketones (excluding diaryl/α,β-unsaturated/α-hetero) is 1. The van der Waals surface area contributed by atoms with Crippen molar-refractivity contribution in [2.45, 2.75) is 39.3 Å². The zero-order chi connectivity index (χ0) is 25.5. The van der Waals surface area contributed by atoms with Crippen LogP contribution in [0.5, 0.6) is 0 Å². The minimum absolute atomic E-state index is 0.128. The molecular weight excluding hydrogens is 450 g/mol. The Morgan fingerprint density at radius 1 is 1.06 bits per heavy atom. The van der Waals surface area contributed by atoms with Gasteiger partial charge < -0.3 is 15.1 Å². The second-order valence-electron chi connectivity index (χ2n) is 8.88. The fourth-order valence-corrected chi connectivity index (χ4v) is 3.94. The summed E-state index contributed by atoms with van der Waals surface area (Å²) in [6.07, 6.45) is 5.79. The first-order chi connectivity index (χ1) is 16.7. The van der Waals surface area contributed by atoms with Crippen molar-refractivity contribution in [3.63, 3.8) is 0 Å². The normalized spacial score (nSPS) is 19.4. The summed E-state index contributed by atoms with van der Waals surface area (Å²) in [5, 5.41) is 7.71. The molecule has 3 rings (SSSR count). The first-order valence-electron chi connectivity index (χ1n) is 11.4. The van der Waals surface area contributed by atoms with E-state index in [-0.39, 0.29) is 12.3 Å². The summed E-state index contributed by atoms with van der Waals surface area (Å²) in [5.41, 5.74) is 1.44. The second-order valence-corrected chi connectivity index (χ2v) is 8.88. The van der Waals surface area contributed by atoms with E-state index in [1.54, 1.807) is 50.3 Å².